The summed E-state index contributed by atoms with van der Waals surface area (Å²) in [7, 11) is 3.90. The molecule has 0 bridgehead atoms. The zero-order valence-corrected chi connectivity index (χ0v) is 12.5. The molecule has 2 amide bonds. The lowest BCUT2D eigenvalue weighted by molar-refractivity contribution is -0.142. The van der Waals surface area contributed by atoms with Crippen molar-refractivity contribution in [2.75, 3.05) is 37.4 Å². The first-order valence-electron chi connectivity index (χ1n) is 6.94. The predicted molar refractivity (Wildman–Crippen MR) is 81.7 cm³/mol. The minimum Gasteiger partial charge on any atom is -0.481 e. The summed E-state index contributed by atoms with van der Waals surface area (Å²) in [5.74, 6) is -1.34. The highest BCUT2D eigenvalue weighted by atomic mass is 16.4. The van der Waals surface area contributed by atoms with Crippen molar-refractivity contribution in [3.05, 3.63) is 24.3 Å². The number of hydrogen-bond donors (Lipinski definition) is 2. The molecule has 6 heteroatoms. The van der Waals surface area contributed by atoms with Crippen molar-refractivity contribution in [3.63, 3.8) is 0 Å². The Morgan fingerprint density at radius 1 is 1.24 bits per heavy atom. The van der Waals surface area contributed by atoms with Gasteiger partial charge in [0.2, 0.25) is 0 Å². The number of nitrogens with one attached hydrogen (secondary N) is 1. The molecule has 2 N–H and O–H groups in total. The number of rotatable bonds is 3. The van der Waals surface area contributed by atoms with Gasteiger partial charge in [0.15, 0.2) is 0 Å². The van der Waals surface area contributed by atoms with Gasteiger partial charge >= 0.3 is 12.0 Å². The summed E-state index contributed by atoms with van der Waals surface area (Å²) in [6.07, 6.45) is 0. The van der Waals surface area contributed by atoms with Crippen LogP contribution in [0.3, 0.4) is 0 Å². The molecule has 1 heterocycles. The zero-order chi connectivity index (χ0) is 15.6. The third kappa shape index (κ3) is 3.45. The van der Waals surface area contributed by atoms with E-state index in [0.717, 1.165) is 5.69 Å². The lowest BCUT2D eigenvalue weighted by Gasteiger charge is -2.18. The highest BCUT2D eigenvalue weighted by Gasteiger charge is 2.36. The van der Waals surface area contributed by atoms with E-state index in [0.29, 0.717) is 12.2 Å². The number of nitrogens with zero attached hydrogens (tertiary/aromatic N) is 2. The van der Waals surface area contributed by atoms with Crippen molar-refractivity contribution in [1.29, 1.82) is 0 Å². The number of benzene rings is 1. The number of aliphatic carboxylic acids is 1. The molecule has 114 valence electrons. The van der Waals surface area contributed by atoms with Crippen LogP contribution in [-0.2, 0) is 4.79 Å². The molecule has 0 aliphatic carbocycles. The molecule has 0 radical (unpaired) electrons. The molecule has 1 aromatic rings. The van der Waals surface area contributed by atoms with Crippen molar-refractivity contribution in [2.24, 2.45) is 11.8 Å². The minimum atomic E-state index is -0.840. The fourth-order valence-corrected chi connectivity index (χ4v) is 2.50. The van der Waals surface area contributed by atoms with E-state index < -0.39 is 11.9 Å². The lowest BCUT2D eigenvalue weighted by atomic mass is 9.99. The summed E-state index contributed by atoms with van der Waals surface area (Å²) in [6.45, 7) is 2.59. The van der Waals surface area contributed by atoms with Crippen molar-refractivity contribution in [3.8, 4) is 0 Å². The minimum absolute atomic E-state index is 0.0237. The van der Waals surface area contributed by atoms with Crippen LogP contribution < -0.4 is 10.2 Å². The fraction of sp³-hybridized carbons (Fsp3) is 0.467. The Morgan fingerprint density at radius 2 is 1.86 bits per heavy atom. The number of anilines is 2. The standard InChI is InChI=1S/C15H21N3O3/c1-10-8-18(9-13(10)14(19)20)15(21)16-11-4-6-12(7-5-11)17(2)3/h4-7,10,13H,8-9H2,1-3H3,(H,16,21)(H,19,20). The second kappa shape index (κ2) is 6.03. The van der Waals surface area contributed by atoms with Gasteiger partial charge in [-0.05, 0) is 30.2 Å². The Balaban J connectivity index is 1.97. The van der Waals surface area contributed by atoms with Gasteiger partial charge in [0.1, 0.15) is 0 Å². The van der Waals surface area contributed by atoms with Gasteiger partial charge in [-0.3, -0.25) is 4.79 Å². The first kappa shape index (κ1) is 15.2. The quantitative estimate of drug-likeness (QED) is 0.892. The summed E-state index contributed by atoms with van der Waals surface area (Å²) in [6, 6.07) is 7.26. The van der Waals surface area contributed by atoms with Gasteiger partial charge in [-0.15, -0.1) is 0 Å². The van der Waals surface area contributed by atoms with Gasteiger partial charge in [-0.1, -0.05) is 6.92 Å². The molecule has 0 spiro atoms. The largest absolute Gasteiger partial charge is 0.481 e. The molecule has 0 aromatic heterocycles. The Morgan fingerprint density at radius 3 is 2.33 bits per heavy atom. The number of amides is 2. The van der Waals surface area contributed by atoms with E-state index in [4.69, 9.17) is 5.11 Å². The predicted octanol–water partition coefficient (Wildman–Crippen LogP) is 1.94. The van der Waals surface area contributed by atoms with Gasteiger partial charge in [-0.25, -0.2) is 4.79 Å². The maximum absolute atomic E-state index is 12.2. The van der Waals surface area contributed by atoms with E-state index in [1.807, 2.05) is 50.2 Å². The molecule has 0 saturated carbocycles. The molecule has 2 atom stereocenters. The normalized spacial score (nSPS) is 21.2. The van der Waals surface area contributed by atoms with E-state index in [1.165, 1.54) is 0 Å². The highest BCUT2D eigenvalue weighted by Crippen LogP contribution is 2.24. The Hall–Kier alpha value is -2.24. The van der Waals surface area contributed by atoms with Crippen LogP contribution in [0.4, 0.5) is 16.2 Å². The number of carboxylic acid groups (broad SMARTS) is 1. The molecule has 2 rings (SSSR count). The number of carbonyl (C=O) groups excluding carboxylic acids is 1. The average molecular weight is 291 g/mol. The topological polar surface area (TPSA) is 72.9 Å². The third-order valence-corrected chi connectivity index (χ3v) is 3.85. The van der Waals surface area contributed by atoms with Crippen LogP contribution in [0.25, 0.3) is 0 Å². The number of urea groups is 1. The number of likely N-dealkylation sites (tertiary alicyclic amines) is 1. The molecule has 6 nitrogen and oxygen atoms in total. The Bertz CT molecular complexity index is 527. The summed E-state index contributed by atoms with van der Waals surface area (Å²) in [5, 5.41) is 11.9. The van der Waals surface area contributed by atoms with E-state index in [2.05, 4.69) is 5.32 Å². The van der Waals surface area contributed by atoms with E-state index in [-0.39, 0.29) is 18.5 Å². The molecule has 2 unspecified atom stereocenters. The molecule has 21 heavy (non-hydrogen) atoms. The van der Waals surface area contributed by atoms with Crippen molar-refractivity contribution < 1.29 is 14.7 Å². The number of carboxylic acids is 1. The van der Waals surface area contributed by atoms with Gasteiger partial charge in [-0.2, -0.15) is 0 Å². The van der Waals surface area contributed by atoms with E-state index in [1.54, 1.807) is 4.90 Å². The molecule has 1 fully saturated rings. The Labute approximate surface area is 124 Å². The molecule has 1 aromatic carbocycles. The average Bonchev–Trinajstić information content (AvgIpc) is 2.81. The monoisotopic (exact) mass is 291 g/mol. The van der Waals surface area contributed by atoms with Crippen LogP contribution in [0.2, 0.25) is 0 Å². The second-order valence-corrected chi connectivity index (χ2v) is 5.70. The number of carbonyl (C=O) groups is 2. The SMILES string of the molecule is CC1CN(C(=O)Nc2ccc(N(C)C)cc2)CC1C(=O)O. The molecule has 1 aliphatic heterocycles. The number of hydrogen-bond acceptors (Lipinski definition) is 3. The zero-order valence-electron chi connectivity index (χ0n) is 12.5. The molecule has 1 saturated heterocycles. The van der Waals surface area contributed by atoms with Crippen LogP contribution in [0.15, 0.2) is 24.3 Å². The summed E-state index contributed by atoms with van der Waals surface area (Å²) in [4.78, 5) is 26.8. The summed E-state index contributed by atoms with van der Waals surface area (Å²) in [5.41, 5.74) is 1.76. The van der Waals surface area contributed by atoms with Gasteiger partial charge < -0.3 is 20.2 Å². The van der Waals surface area contributed by atoms with Gasteiger partial charge in [0.05, 0.1) is 5.92 Å². The molecular formula is C15H21N3O3. The smallest absolute Gasteiger partial charge is 0.321 e. The van der Waals surface area contributed by atoms with Crippen LogP contribution in [0, 0.1) is 11.8 Å². The van der Waals surface area contributed by atoms with E-state index in [9.17, 15) is 9.59 Å². The highest BCUT2D eigenvalue weighted by molar-refractivity contribution is 5.90. The van der Waals surface area contributed by atoms with Crippen LogP contribution in [0.1, 0.15) is 6.92 Å². The van der Waals surface area contributed by atoms with E-state index >= 15 is 0 Å². The first-order valence-corrected chi connectivity index (χ1v) is 6.94. The Kier molecular flexibility index (Phi) is 4.35. The van der Waals surface area contributed by atoms with Crippen LogP contribution in [-0.4, -0.2) is 49.2 Å². The second-order valence-electron chi connectivity index (χ2n) is 5.70. The lowest BCUT2D eigenvalue weighted by Crippen LogP contribution is -2.33. The maximum Gasteiger partial charge on any atom is 0.321 e. The van der Waals surface area contributed by atoms with Crippen molar-refractivity contribution in [1.82, 2.24) is 4.90 Å². The van der Waals surface area contributed by atoms with Crippen LogP contribution in [0.5, 0.6) is 0 Å². The van der Waals surface area contributed by atoms with Crippen molar-refractivity contribution >= 4 is 23.4 Å². The molecule has 1 aliphatic rings. The maximum atomic E-state index is 12.2. The summed E-state index contributed by atoms with van der Waals surface area (Å²) >= 11 is 0. The fourth-order valence-electron chi connectivity index (χ4n) is 2.50. The van der Waals surface area contributed by atoms with Crippen molar-refractivity contribution in [2.45, 2.75) is 6.92 Å². The molecular weight excluding hydrogens is 270 g/mol. The first-order chi connectivity index (χ1) is 9.88. The van der Waals surface area contributed by atoms with Crippen LogP contribution >= 0.6 is 0 Å². The van der Waals surface area contributed by atoms with Gasteiger partial charge in [0.25, 0.3) is 0 Å². The summed E-state index contributed by atoms with van der Waals surface area (Å²) < 4.78 is 0. The van der Waals surface area contributed by atoms with Gasteiger partial charge in [0, 0.05) is 38.6 Å². The third-order valence-electron chi connectivity index (χ3n) is 3.85.